The van der Waals surface area contributed by atoms with E-state index in [2.05, 4.69) is 5.43 Å². The second-order valence-corrected chi connectivity index (χ2v) is 1.47. The zero-order chi connectivity index (χ0) is 5.11. The van der Waals surface area contributed by atoms with Gasteiger partial charge >= 0.3 is 0 Å². The molecule has 1 rings (SSSR count). The SMILES string of the molecule is C[NH+]1C=CC=C[N-]1. The minimum Gasteiger partial charge on any atom is -0.491 e. The van der Waals surface area contributed by atoms with Crippen LogP contribution < -0.4 is 5.01 Å². The van der Waals surface area contributed by atoms with E-state index in [4.69, 9.17) is 0 Å². The lowest BCUT2D eigenvalue weighted by atomic mass is 10.5. The quantitative estimate of drug-likeness (QED) is 0.431. The summed E-state index contributed by atoms with van der Waals surface area (Å²) in [6.07, 6.45) is 7.64. The Morgan fingerprint density at radius 1 is 1.43 bits per heavy atom. The molecule has 2 nitrogen and oxygen atoms in total. The molecule has 0 saturated carbocycles. The fourth-order valence-electron chi connectivity index (χ4n) is 0.448. The summed E-state index contributed by atoms with van der Waals surface area (Å²) in [6.45, 7) is 0. The summed E-state index contributed by atoms with van der Waals surface area (Å²) in [5, 5.41) is 1.07. The van der Waals surface area contributed by atoms with Crippen LogP contribution in [0, 0.1) is 0 Å². The monoisotopic (exact) mass is 96.1 g/mol. The van der Waals surface area contributed by atoms with Crippen molar-refractivity contribution in [2.45, 2.75) is 0 Å². The Kier molecular flexibility index (Phi) is 1.13. The fourth-order valence-corrected chi connectivity index (χ4v) is 0.448. The highest BCUT2D eigenvalue weighted by atomic mass is 15.5. The van der Waals surface area contributed by atoms with Gasteiger partial charge < -0.3 is 10.4 Å². The molecule has 1 aliphatic heterocycles. The van der Waals surface area contributed by atoms with E-state index >= 15 is 0 Å². The molecule has 0 aromatic heterocycles. The molecule has 0 saturated heterocycles. The lowest BCUT2D eigenvalue weighted by molar-refractivity contribution is -0.780. The molecule has 1 heterocycles. The van der Waals surface area contributed by atoms with Crippen LogP contribution in [0.25, 0.3) is 5.43 Å². The van der Waals surface area contributed by atoms with Crippen molar-refractivity contribution in [3.05, 3.63) is 30.0 Å². The van der Waals surface area contributed by atoms with E-state index in [1.165, 1.54) is 0 Å². The number of hydrogen-bond donors (Lipinski definition) is 1. The van der Waals surface area contributed by atoms with Crippen molar-refractivity contribution in [1.82, 2.24) is 0 Å². The average molecular weight is 96.1 g/mol. The van der Waals surface area contributed by atoms with Gasteiger partial charge in [-0.1, -0.05) is 6.08 Å². The average Bonchev–Trinajstić information content (AvgIpc) is 1.69. The number of rotatable bonds is 0. The third kappa shape index (κ3) is 1.05. The van der Waals surface area contributed by atoms with Gasteiger partial charge in [0.1, 0.15) is 0 Å². The molecule has 1 unspecified atom stereocenters. The van der Waals surface area contributed by atoms with Crippen LogP contribution in [0.15, 0.2) is 24.6 Å². The summed E-state index contributed by atoms with van der Waals surface area (Å²) >= 11 is 0. The lowest BCUT2D eigenvalue weighted by Gasteiger charge is -2.22. The van der Waals surface area contributed by atoms with Crippen LogP contribution in [0.2, 0.25) is 0 Å². The van der Waals surface area contributed by atoms with Crippen LogP contribution in [-0.4, -0.2) is 7.05 Å². The highest BCUT2D eigenvalue weighted by Crippen LogP contribution is 1.82. The van der Waals surface area contributed by atoms with Gasteiger partial charge in [0.05, 0.1) is 13.2 Å². The number of nitrogens with zero attached hydrogens (tertiary/aromatic N) is 1. The van der Waals surface area contributed by atoms with E-state index in [1.54, 1.807) is 6.20 Å². The Morgan fingerprint density at radius 2 is 2.29 bits per heavy atom. The predicted molar refractivity (Wildman–Crippen MR) is 28.5 cm³/mol. The zero-order valence-corrected chi connectivity index (χ0v) is 4.26. The maximum absolute atomic E-state index is 3.98. The first-order valence-corrected chi connectivity index (χ1v) is 2.27. The first kappa shape index (κ1) is 4.40. The van der Waals surface area contributed by atoms with E-state index in [0.717, 1.165) is 5.01 Å². The molecule has 1 atom stereocenters. The first-order chi connectivity index (χ1) is 3.39. The van der Waals surface area contributed by atoms with Gasteiger partial charge in [-0.05, 0) is 6.08 Å². The molecule has 0 spiro atoms. The fraction of sp³-hybridized carbons (Fsp3) is 0.200. The van der Waals surface area contributed by atoms with E-state index in [1.807, 2.05) is 25.4 Å². The maximum atomic E-state index is 3.98. The summed E-state index contributed by atoms with van der Waals surface area (Å²) in [5.41, 5.74) is 3.98. The lowest BCUT2D eigenvalue weighted by Crippen LogP contribution is -2.99. The summed E-state index contributed by atoms with van der Waals surface area (Å²) in [7, 11) is 1.97. The molecule has 0 aliphatic carbocycles. The van der Waals surface area contributed by atoms with Crippen molar-refractivity contribution in [3.8, 4) is 0 Å². The third-order valence-corrected chi connectivity index (χ3v) is 0.813. The van der Waals surface area contributed by atoms with Gasteiger partial charge in [0.15, 0.2) is 0 Å². The van der Waals surface area contributed by atoms with E-state index < -0.39 is 0 Å². The molecule has 2 heteroatoms. The van der Waals surface area contributed by atoms with Crippen molar-refractivity contribution in [2.75, 3.05) is 7.05 Å². The van der Waals surface area contributed by atoms with Crippen molar-refractivity contribution >= 4 is 0 Å². The van der Waals surface area contributed by atoms with Gasteiger partial charge in [0.25, 0.3) is 0 Å². The van der Waals surface area contributed by atoms with Crippen LogP contribution in [0.3, 0.4) is 0 Å². The Morgan fingerprint density at radius 3 is 2.57 bits per heavy atom. The zero-order valence-electron chi connectivity index (χ0n) is 4.26. The highest BCUT2D eigenvalue weighted by Gasteiger charge is 1.79. The van der Waals surface area contributed by atoms with E-state index in [9.17, 15) is 0 Å². The smallest absolute Gasteiger partial charge is 0.0889 e. The van der Waals surface area contributed by atoms with Gasteiger partial charge in [0.2, 0.25) is 0 Å². The summed E-state index contributed by atoms with van der Waals surface area (Å²) < 4.78 is 0. The molecule has 7 heavy (non-hydrogen) atoms. The molecule has 0 radical (unpaired) electrons. The normalized spacial score (nSPS) is 27.3. The van der Waals surface area contributed by atoms with Crippen molar-refractivity contribution in [1.29, 1.82) is 0 Å². The number of quaternary nitrogens is 1. The number of nitrogens with one attached hydrogen (secondary N) is 1. The molecule has 38 valence electrons. The number of hydrogen-bond acceptors (Lipinski definition) is 0. The minimum absolute atomic E-state index is 1.07. The van der Waals surface area contributed by atoms with Gasteiger partial charge in [-0.3, -0.25) is 0 Å². The summed E-state index contributed by atoms with van der Waals surface area (Å²) in [5.74, 6) is 0. The molecule has 0 aromatic carbocycles. The predicted octanol–water partition coefficient (Wildman–Crippen LogP) is -0.169. The summed E-state index contributed by atoms with van der Waals surface area (Å²) in [6, 6.07) is 0. The maximum Gasteiger partial charge on any atom is 0.0889 e. The van der Waals surface area contributed by atoms with E-state index in [-0.39, 0.29) is 0 Å². The van der Waals surface area contributed by atoms with Gasteiger partial charge in [-0.25, -0.2) is 0 Å². The van der Waals surface area contributed by atoms with Crippen LogP contribution in [-0.2, 0) is 0 Å². The molecule has 0 bridgehead atoms. The van der Waals surface area contributed by atoms with Crippen molar-refractivity contribution in [3.63, 3.8) is 0 Å². The molecule has 0 amide bonds. The Labute approximate surface area is 43.1 Å². The van der Waals surface area contributed by atoms with Gasteiger partial charge in [-0.15, -0.1) is 6.20 Å². The largest absolute Gasteiger partial charge is 0.491 e. The van der Waals surface area contributed by atoms with Crippen LogP contribution in [0.4, 0.5) is 0 Å². The Hall–Kier alpha value is -0.760. The van der Waals surface area contributed by atoms with Crippen LogP contribution in [0.5, 0.6) is 0 Å². The van der Waals surface area contributed by atoms with Crippen molar-refractivity contribution in [2.24, 2.45) is 0 Å². The van der Waals surface area contributed by atoms with Crippen molar-refractivity contribution < 1.29 is 5.01 Å². The Bertz CT molecular complexity index is 105. The molecule has 0 aromatic rings. The first-order valence-electron chi connectivity index (χ1n) is 2.27. The van der Waals surface area contributed by atoms with Gasteiger partial charge in [0, 0.05) is 0 Å². The molecular formula is C5H8N2. The van der Waals surface area contributed by atoms with Gasteiger partial charge in [-0.2, -0.15) is 0 Å². The molecule has 1 N–H and O–H groups in total. The van der Waals surface area contributed by atoms with E-state index in [0.29, 0.717) is 0 Å². The Balaban J connectivity index is 2.49. The second kappa shape index (κ2) is 1.80. The highest BCUT2D eigenvalue weighted by molar-refractivity contribution is 5.07. The molecular weight excluding hydrogens is 88.1 g/mol. The van der Waals surface area contributed by atoms with Crippen LogP contribution in [0.1, 0.15) is 0 Å². The second-order valence-electron chi connectivity index (χ2n) is 1.47. The third-order valence-electron chi connectivity index (χ3n) is 0.813. The summed E-state index contributed by atoms with van der Waals surface area (Å²) in [4.78, 5) is 0. The standard InChI is InChI=1S/C5H8N2/c1-7-5-3-2-4-6-7/h2-5,7H,1H3. The topological polar surface area (TPSA) is 18.5 Å². The molecule has 1 aliphatic rings. The molecule has 0 fully saturated rings. The number of allylic oxidation sites excluding steroid dienone is 2. The minimum atomic E-state index is 1.07. The van der Waals surface area contributed by atoms with Crippen LogP contribution >= 0.6 is 0 Å².